The molecule has 0 heterocycles. The summed E-state index contributed by atoms with van der Waals surface area (Å²) >= 11 is 5.83. The summed E-state index contributed by atoms with van der Waals surface area (Å²) in [4.78, 5) is 12.2. The summed E-state index contributed by atoms with van der Waals surface area (Å²) in [5, 5.41) is 4.52. The third-order valence-electron chi connectivity index (χ3n) is 3.73. The predicted octanol–water partition coefficient (Wildman–Crippen LogP) is 3.05. The molecule has 0 radical (unpaired) electrons. The van der Waals surface area contributed by atoms with Gasteiger partial charge >= 0.3 is 0 Å². The van der Waals surface area contributed by atoms with Gasteiger partial charge in [-0.15, -0.1) is 0 Å². The van der Waals surface area contributed by atoms with Gasteiger partial charge in [0.05, 0.1) is 24.3 Å². The molecule has 0 atom stereocenters. The number of ether oxygens (including phenoxy) is 1. The number of nitrogens with zero attached hydrogens (tertiary/aromatic N) is 2. The smallest absolute Gasteiger partial charge is 0.260 e. The molecule has 9 heteroatoms. The number of hydrogen-bond acceptors (Lipinski definition) is 5. The molecule has 0 bridgehead atoms. The Morgan fingerprint density at radius 1 is 1.14 bits per heavy atom. The summed E-state index contributed by atoms with van der Waals surface area (Å²) in [6.45, 7) is 3.82. The fourth-order valence-corrected chi connectivity index (χ4v) is 3.33. The normalized spacial score (nSPS) is 11.8. The minimum absolute atomic E-state index is 0.342. The van der Waals surface area contributed by atoms with Crippen molar-refractivity contribution in [1.82, 2.24) is 5.43 Å². The molecule has 28 heavy (non-hydrogen) atoms. The van der Waals surface area contributed by atoms with E-state index in [0.717, 1.165) is 21.9 Å². The molecule has 2 rings (SSSR count). The minimum atomic E-state index is -3.66. The van der Waals surface area contributed by atoms with Crippen LogP contribution in [0.25, 0.3) is 0 Å². The van der Waals surface area contributed by atoms with Gasteiger partial charge in [-0.3, -0.25) is 9.10 Å². The van der Waals surface area contributed by atoms with Crippen molar-refractivity contribution in [3.8, 4) is 5.75 Å². The van der Waals surface area contributed by atoms with E-state index in [1.807, 2.05) is 31.2 Å². The molecular weight excluding hydrogens is 402 g/mol. The van der Waals surface area contributed by atoms with E-state index in [9.17, 15) is 13.2 Å². The van der Waals surface area contributed by atoms with Gasteiger partial charge in [-0.2, -0.15) is 5.10 Å². The molecule has 0 spiro atoms. The Morgan fingerprint density at radius 3 is 2.29 bits per heavy atom. The molecule has 0 aromatic heterocycles. The summed E-state index contributed by atoms with van der Waals surface area (Å²) < 4.78 is 30.5. The van der Waals surface area contributed by atoms with Gasteiger partial charge in [0.15, 0.2) is 0 Å². The number of carbonyl (C=O) groups excluding carboxylic acids is 1. The summed E-state index contributed by atoms with van der Waals surface area (Å²) in [6, 6.07) is 13.5. The second-order valence-electron chi connectivity index (χ2n) is 5.94. The van der Waals surface area contributed by atoms with Crippen molar-refractivity contribution in [2.75, 3.05) is 23.7 Å². The third-order valence-corrected chi connectivity index (χ3v) is 5.13. The van der Waals surface area contributed by atoms with Gasteiger partial charge < -0.3 is 4.74 Å². The van der Waals surface area contributed by atoms with Crippen LogP contribution in [-0.2, 0) is 14.8 Å². The Labute approximate surface area is 170 Å². The molecular formula is C19H22ClN3O4S. The fourth-order valence-electron chi connectivity index (χ4n) is 2.34. The number of anilines is 1. The van der Waals surface area contributed by atoms with E-state index in [4.69, 9.17) is 16.3 Å². The predicted molar refractivity (Wildman–Crippen MR) is 112 cm³/mol. The lowest BCUT2D eigenvalue weighted by Crippen LogP contribution is -2.39. The van der Waals surface area contributed by atoms with Crippen LogP contribution in [0.2, 0.25) is 5.02 Å². The molecule has 1 amide bonds. The molecule has 0 aliphatic carbocycles. The van der Waals surface area contributed by atoms with E-state index < -0.39 is 22.5 Å². The van der Waals surface area contributed by atoms with Crippen molar-refractivity contribution in [3.05, 3.63) is 59.1 Å². The molecule has 2 aromatic carbocycles. The zero-order valence-electron chi connectivity index (χ0n) is 15.8. The van der Waals surface area contributed by atoms with Gasteiger partial charge in [-0.1, -0.05) is 11.6 Å². The average Bonchev–Trinajstić information content (AvgIpc) is 2.65. The highest BCUT2D eigenvalue weighted by Gasteiger charge is 2.20. The maximum Gasteiger partial charge on any atom is 0.260 e. The molecule has 0 saturated heterocycles. The van der Waals surface area contributed by atoms with Crippen LogP contribution in [0.15, 0.2) is 53.6 Å². The molecule has 0 aliphatic rings. The monoisotopic (exact) mass is 423 g/mol. The van der Waals surface area contributed by atoms with Crippen LogP contribution in [-0.4, -0.2) is 39.4 Å². The van der Waals surface area contributed by atoms with Crippen LogP contribution in [0, 0.1) is 0 Å². The Hall–Kier alpha value is -2.58. The Kier molecular flexibility index (Phi) is 7.42. The van der Waals surface area contributed by atoms with E-state index >= 15 is 0 Å². The molecule has 0 fully saturated rings. The number of carbonyl (C=O) groups is 1. The van der Waals surface area contributed by atoms with Crippen molar-refractivity contribution < 1.29 is 17.9 Å². The zero-order valence-corrected chi connectivity index (χ0v) is 17.4. The lowest BCUT2D eigenvalue weighted by atomic mass is 10.1. The minimum Gasteiger partial charge on any atom is -0.494 e. The van der Waals surface area contributed by atoms with Gasteiger partial charge in [0, 0.05) is 5.02 Å². The van der Waals surface area contributed by atoms with Crippen LogP contribution < -0.4 is 14.5 Å². The van der Waals surface area contributed by atoms with Crippen LogP contribution in [0.5, 0.6) is 5.75 Å². The summed E-state index contributed by atoms with van der Waals surface area (Å²) in [6.07, 6.45) is 1.03. The summed E-state index contributed by atoms with van der Waals surface area (Å²) in [7, 11) is -3.66. The first-order valence-corrected chi connectivity index (χ1v) is 10.7. The highest BCUT2D eigenvalue weighted by Crippen LogP contribution is 2.20. The largest absolute Gasteiger partial charge is 0.494 e. The molecule has 0 aliphatic heterocycles. The Bertz CT molecular complexity index is 942. The van der Waals surface area contributed by atoms with Gasteiger partial charge in [0.25, 0.3) is 5.91 Å². The average molecular weight is 424 g/mol. The second kappa shape index (κ2) is 9.57. The van der Waals surface area contributed by atoms with Crippen LogP contribution in [0.4, 0.5) is 5.69 Å². The fraction of sp³-hybridized carbons (Fsp3) is 0.263. The van der Waals surface area contributed by atoms with Gasteiger partial charge in [-0.25, -0.2) is 13.8 Å². The van der Waals surface area contributed by atoms with Gasteiger partial charge in [0.1, 0.15) is 12.3 Å². The van der Waals surface area contributed by atoms with Crippen molar-refractivity contribution in [2.24, 2.45) is 5.10 Å². The lowest BCUT2D eigenvalue weighted by Gasteiger charge is -2.21. The maximum atomic E-state index is 12.2. The van der Waals surface area contributed by atoms with Crippen LogP contribution in [0.3, 0.4) is 0 Å². The highest BCUT2D eigenvalue weighted by molar-refractivity contribution is 7.92. The quantitative estimate of drug-likeness (QED) is 0.522. The molecule has 2 aromatic rings. The van der Waals surface area contributed by atoms with E-state index in [0.29, 0.717) is 23.0 Å². The number of amides is 1. The van der Waals surface area contributed by atoms with Gasteiger partial charge in [-0.05, 0) is 67.9 Å². The van der Waals surface area contributed by atoms with Crippen molar-refractivity contribution in [2.45, 2.75) is 13.8 Å². The number of nitrogens with one attached hydrogen (secondary N) is 1. The number of halogens is 1. The zero-order chi connectivity index (χ0) is 20.7. The summed E-state index contributed by atoms with van der Waals surface area (Å²) in [5.41, 5.74) is 4.12. The van der Waals surface area contributed by atoms with E-state index in [1.54, 1.807) is 19.1 Å². The number of benzene rings is 2. The van der Waals surface area contributed by atoms with Crippen LogP contribution in [0.1, 0.15) is 19.4 Å². The molecule has 150 valence electrons. The van der Waals surface area contributed by atoms with E-state index in [-0.39, 0.29) is 0 Å². The molecule has 0 unspecified atom stereocenters. The van der Waals surface area contributed by atoms with Crippen molar-refractivity contribution >= 4 is 38.9 Å². The van der Waals surface area contributed by atoms with Gasteiger partial charge in [0.2, 0.25) is 10.0 Å². The highest BCUT2D eigenvalue weighted by atomic mass is 35.5. The molecule has 0 saturated carbocycles. The SMILES string of the molecule is CCOc1ccc(C(C)=NNC(=O)CN(c2ccc(Cl)cc2)S(C)(=O)=O)cc1. The van der Waals surface area contributed by atoms with E-state index in [2.05, 4.69) is 10.5 Å². The Morgan fingerprint density at radius 2 is 1.75 bits per heavy atom. The first kappa shape index (κ1) is 21.7. The topological polar surface area (TPSA) is 88.1 Å². The van der Waals surface area contributed by atoms with Crippen molar-refractivity contribution in [1.29, 1.82) is 0 Å². The summed E-state index contributed by atoms with van der Waals surface area (Å²) in [5.74, 6) is 0.181. The molecule has 7 nitrogen and oxygen atoms in total. The number of hydrogen-bond donors (Lipinski definition) is 1. The number of hydrazone groups is 1. The number of rotatable bonds is 8. The van der Waals surface area contributed by atoms with E-state index in [1.165, 1.54) is 12.1 Å². The Balaban J connectivity index is 2.07. The second-order valence-corrected chi connectivity index (χ2v) is 8.28. The lowest BCUT2D eigenvalue weighted by molar-refractivity contribution is -0.119. The third kappa shape index (κ3) is 6.24. The van der Waals surface area contributed by atoms with Crippen molar-refractivity contribution in [3.63, 3.8) is 0 Å². The van der Waals surface area contributed by atoms with Crippen LogP contribution >= 0.6 is 11.6 Å². The number of sulfonamides is 1. The molecule has 1 N–H and O–H groups in total. The standard InChI is InChI=1S/C19H22ClN3O4S/c1-4-27-18-11-5-15(6-12-18)14(2)21-22-19(24)13-23(28(3,25)26)17-9-7-16(20)8-10-17/h5-12H,4,13H2,1-3H3,(H,22,24). The first-order valence-electron chi connectivity index (χ1n) is 8.50. The first-order chi connectivity index (χ1) is 13.2. The maximum absolute atomic E-state index is 12.2.